The number of para-hydroxylation sites is 2. The van der Waals surface area contributed by atoms with E-state index in [2.05, 4.69) is 60.7 Å². The fourth-order valence-corrected chi connectivity index (χ4v) is 6.46. The summed E-state index contributed by atoms with van der Waals surface area (Å²) >= 11 is 0. The van der Waals surface area contributed by atoms with E-state index in [9.17, 15) is 9.59 Å². The van der Waals surface area contributed by atoms with Crippen molar-refractivity contribution >= 4 is 33.7 Å². The van der Waals surface area contributed by atoms with Crippen molar-refractivity contribution in [3.63, 3.8) is 0 Å². The van der Waals surface area contributed by atoms with Gasteiger partial charge in [-0.25, -0.2) is 9.59 Å². The average molecular weight is 519 g/mol. The molecule has 1 aliphatic heterocycles. The minimum Gasteiger partial charge on any atom is -0.461 e. The number of fused-ring (bicyclic) bond motifs is 3. The highest BCUT2D eigenvalue weighted by atomic mass is 16.6. The van der Waals surface area contributed by atoms with E-state index < -0.39 is 11.6 Å². The van der Waals surface area contributed by atoms with E-state index in [4.69, 9.17) is 9.47 Å². The Kier molecular flexibility index (Phi) is 5.91. The number of hydrogen-bond donors (Lipinski definition) is 0. The Labute approximate surface area is 227 Å². The van der Waals surface area contributed by atoms with Gasteiger partial charge in [-0.3, -0.25) is 0 Å². The highest BCUT2D eigenvalue weighted by Crippen LogP contribution is 2.53. The Morgan fingerprint density at radius 2 is 1.46 bits per heavy atom. The molecule has 0 aliphatic carbocycles. The number of cyclic esters (lactones) is 1. The zero-order valence-electron chi connectivity index (χ0n) is 22.4. The first-order valence-electron chi connectivity index (χ1n) is 13.2. The summed E-state index contributed by atoms with van der Waals surface area (Å²) in [7, 11) is 0. The molecule has 0 bridgehead atoms. The van der Waals surface area contributed by atoms with Crippen LogP contribution in [0.1, 0.15) is 45.4 Å². The summed E-state index contributed by atoms with van der Waals surface area (Å²) in [4.78, 5) is 25.3. The number of carbonyl (C=O) groups excluding carboxylic acids is 2. The molecule has 2 aromatic heterocycles. The topological polar surface area (TPSA) is 62.5 Å². The number of aryl methyl sites for hydroxylation is 1. The van der Waals surface area contributed by atoms with Gasteiger partial charge in [0.1, 0.15) is 6.61 Å². The fraction of sp³-hybridized carbons (Fsp3) is 0.212. The monoisotopic (exact) mass is 518 g/mol. The van der Waals surface area contributed by atoms with E-state index >= 15 is 0 Å². The summed E-state index contributed by atoms with van der Waals surface area (Å²) in [6, 6.07) is 24.1. The molecule has 0 saturated carbocycles. The Bertz CT molecular complexity index is 1790. The van der Waals surface area contributed by atoms with Crippen LogP contribution in [-0.2, 0) is 33.0 Å². The molecule has 1 aliphatic rings. The van der Waals surface area contributed by atoms with Gasteiger partial charge >= 0.3 is 11.9 Å². The van der Waals surface area contributed by atoms with Gasteiger partial charge in [0.05, 0.1) is 12.1 Å². The fourth-order valence-electron chi connectivity index (χ4n) is 6.46. The van der Waals surface area contributed by atoms with Crippen LogP contribution >= 0.6 is 0 Å². The van der Waals surface area contributed by atoms with Gasteiger partial charge in [0, 0.05) is 62.5 Å². The van der Waals surface area contributed by atoms with Gasteiger partial charge in [0.15, 0.2) is 5.60 Å². The number of hydrogen-bond acceptors (Lipinski definition) is 4. The average Bonchev–Trinajstić information content (AvgIpc) is 3.53. The molecule has 0 spiro atoms. The molecule has 6 nitrogen and oxygen atoms in total. The number of carbonyl (C=O) groups is 2. The quantitative estimate of drug-likeness (QED) is 0.184. The van der Waals surface area contributed by atoms with Crippen molar-refractivity contribution in [2.45, 2.75) is 39.5 Å². The van der Waals surface area contributed by atoms with Gasteiger partial charge < -0.3 is 18.6 Å². The normalized spacial score (nSPS) is 16.4. The summed E-state index contributed by atoms with van der Waals surface area (Å²) in [6.07, 6.45) is 1.17. The number of rotatable bonds is 7. The molecule has 196 valence electrons. The Morgan fingerprint density at radius 1 is 0.897 bits per heavy atom. The lowest BCUT2D eigenvalue weighted by Gasteiger charge is -2.31. The summed E-state index contributed by atoms with van der Waals surface area (Å²) in [5.74, 6) is -0.795. The Morgan fingerprint density at radius 3 is 2.10 bits per heavy atom. The van der Waals surface area contributed by atoms with Gasteiger partial charge in [-0.2, -0.15) is 0 Å². The van der Waals surface area contributed by atoms with Crippen molar-refractivity contribution in [1.82, 2.24) is 9.13 Å². The van der Waals surface area contributed by atoms with Crippen LogP contribution in [0, 0.1) is 13.8 Å². The molecule has 5 aromatic rings. The van der Waals surface area contributed by atoms with Crippen LogP contribution in [0.2, 0.25) is 0 Å². The third kappa shape index (κ3) is 3.48. The standard InChI is InChI=1S/C33H30N2O4/c1-5-29(36)38-20-19-35-22(4)31(25-15-9-12-18-28(25)35)33(26-16-10-7-13-23(26)32(37)39-33)30-21(3)34(6-2)27-17-11-8-14-24(27)30/h5,7-18H,1,6,19-20H2,2-4H3. The molecule has 1 unspecified atom stereocenters. The SMILES string of the molecule is C=CC(=O)OCCn1c(C)c(C2(c3c(C)n(CC)c4ccccc34)OC(=O)c3ccccc32)c2ccccc21. The van der Waals surface area contributed by atoms with Crippen LogP contribution in [0.3, 0.4) is 0 Å². The van der Waals surface area contributed by atoms with Gasteiger partial charge in [-0.05, 0) is 39.0 Å². The summed E-state index contributed by atoms with van der Waals surface area (Å²) in [5.41, 5.74) is 6.23. The lowest BCUT2D eigenvalue weighted by atomic mass is 9.77. The first-order chi connectivity index (χ1) is 18.9. The molecule has 3 heterocycles. The minimum atomic E-state index is -1.16. The second-order valence-corrected chi connectivity index (χ2v) is 9.84. The molecule has 0 radical (unpaired) electrons. The van der Waals surface area contributed by atoms with Gasteiger partial charge in [-0.1, -0.05) is 61.2 Å². The highest BCUT2D eigenvalue weighted by Gasteiger charge is 2.53. The van der Waals surface area contributed by atoms with Crippen LogP contribution in [0.4, 0.5) is 0 Å². The predicted octanol–water partition coefficient (Wildman–Crippen LogP) is 6.42. The zero-order chi connectivity index (χ0) is 27.3. The largest absolute Gasteiger partial charge is 0.461 e. The van der Waals surface area contributed by atoms with Crippen molar-refractivity contribution in [2.24, 2.45) is 0 Å². The van der Waals surface area contributed by atoms with Crippen LogP contribution in [0.5, 0.6) is 0 Å². The van der Waals surface area contributed by atoms with E-state index in [0.717, 1.165) is 56.4 Å². The van der Waals surface area contributed by atoms with E-state index in [1.54, 1.807) is 0 Å². The van der Waals surface area contributed by atoms with Gasteiger partial charge in [0.2, 0.25) is 0 Å². The third-order valence-electron chi connectivity index (χ3n) is 7.98. The van der Waals surface area contributed by atoms with E-state index in [0.29, 0.717) is 12.1 Å². The summed E-state index contributed by atoms with van der Waals surface area (Å²) in [5, 5.41) is 2.04. The van der Waals surface area contributed by atoms with Crippen LogP contribution < -0.4 is 0 Å². The summed E-state index contributed by atoms with van der Waals surface area (Å²) < 4.78 is 16.4. The molecule has 0 fully saturated rings. The number of esters is 2. The first-order valence-corrected chi connectivity index (χ1v) is 13.2. The second-order valence-electron chi connectivity index (χ2n) is 9.84. The van der Waals surface area contributed by atoms with Crippen LogP contribution in [-0.4, -0.2) is 27.7 Å². The maximum absolute atomic E-state index is 13.6. The molecular weight excluding hydrogens is 488 g/mol. The Balaban J connectivity index is 1.72. The molecule has 0 N–H and O–H groups in total. The van der Waals surface area contributed by atoms with Crippen LogP contribution in [0.15, 0.2) is 85.5 Å². The zero-order valence-corrected chi connectivity index (χ0v) is 22.4. The van der Waals surface area contributed by atoms with Crippen molar-refractivity contribution in [1.29, 1.82) is 0 Å². The van der Waals surface area contributed by atoms with E-state index in [1.165, 1.54) is 6.08 Å². The molecule has 0 amide bonds. The van der Waals surface area contributed by atoms with Crippen molar-refractivity contribution in [3.05, 3.63) is 119 Å². The summed E-state index contributed by atoms with van der Waals surface area (Å²) in [6.45, 7) is 11.2. The maximum Gasteiger partial charge on any atom is 0.340 e. The maximum atomic E-state index is 13.6. The molecule has 3 aromatic carbocycles. The van der Waals surface area contributed by atoms with Crippen molar-refractivity contribution < 1.29 is 19.1 Å². The van der Waals surface area contributed by atoms with E-state index in [-0.39, 0.29) is 12.6 Å². The highest BCUT2D eigenvalue weighted by molar-refractivity contribution is 6.01. The molecule has 39 heavy (non-hydrogen) atoms. The van der Waals surface area contributed by atoms with Crippen LogP contribution in [0.25, 0.3) is 21.8 Å². The smallest absolute Gasteiger partial charge is 0.340 e. The minimum absolute atomic E-state index is 0.196. The van der Waals surface area contributed by atoms with Crippen molar-refractivity contribution in [2.75, 3.05) is 6.61 Å². The second kappa shape index (κ2) is 9.31. The molecular formula is C33H30N2O4. The molecule has 1 atom stereocenters. The van der Waals surface area contributed by atoms with Gasteiger partial charge in [0.25, 0.3) is 0 Å². The van der Waals surface area contributed by atoms with Gasteiger partial charge in [-0.15, -0.1) is 0 Å². The number of ether oxygens (including phenoxy) is 2. The number of aromatic nitrogens is 2. The van der Waals surface area contributed by atoms with E-state index in [1.807, 2.05) is 48.5 Å². The first kappa shape index (κ1) is 24.7. The lowest BCUT2D eigenvalue weighted by Crippen LogP contribution is -2.31. The molecule has 6 heteroatoms. The third-order valence-corrected chi connectivity index (χ3v) is 7.98. The lowest BCUT2D eigenvalue weighted by molar-refractivity contribution is -0.138. The predicted molar refractivity (Wildman–Crippen MR) is 152 cm³/mol. The molecule has 0 saturated heterocycles. The van der Waals surface area contributed by atoms with Crippen molar-refractivity contribution in [3.8, 4) is 0 Å². The molecule has 6 rings (SSSR count). The number of nitrogens with zero attached hydrogens (tertiary/aromatic N) is 2. The number of benzene rings is 3. The Hall–Kier alpha value is -4.58.